The molecule has 0 saturated heterocycles. The molecular weight excluding hydrogens is 196 g/mol. The largest absolute Gasteiger partial charge is 0.350 e. The molecule has 1 fully saturated rings. The molecule has 2 rings (SSSR count). The molecule has 1 aromatic rings. The van der Waals surface area contributed by atoms with Crippen LogP contribution in [0.5, 0.6) is 0 Å². The standard InChI is InChI=1S/C9H16N4S/c1-6-11-9(14-12-6)13(2)5-7-3-8(10)4-7/h7-8H,3-5,10H2,1-2H3. The molecular formula is C9H16N4S. The van der Waals surface area contributed by atoms with Crippen molar-refractivity contribution in [2.75, 3.05) is 18.5 Å². The zero-order chi connectivity index (χ0) is 10.1. The van der Waals surface area contributed by atoms with E-state index in [1.54, 1.807) is 0 Å². The molecule has 4 nitrogen and oxygen atoms in total. The Morgan fingerprint density at radius 2 is 2.29 bits per heavy atom. The summed E-state index contributed by atoms with van der Waals surface area (Å²) in [7, 11) is 2.07. The number of rotatable bonds is 3. The molecule has 2 N–H and O–H groups in total. The van der Waals surface area contributed by atoms with Gasteiger partial charge in [-0.2, -0.15) is 4.37 Å². The maximum absolute atomic E-state index is 5.74. The van der Waals surface area contributed by atoms with E-state index in [2.05, 4.69) is 21.3 Å². The predicted molar refractivity (Wildman–Crippen MR) is 58.6 cm³/mol. The SMILES string of the molecule is Cc1nsc(N(C)CC2CC(N)C2)n1. The first-order valence-corrected chi connectivity index (χ1v) is 5.69. The summed E-state index contributed by atoms with van der Waals surface area (Å²) >= 11 is 1.47. The fourth-order valence-electron chi connectivity index (χ4n) is 1.84. The van der Waals surface area contributed by atoms with Gasteiger partial charge in [0, 0.05) is 31.2 Å². The highest BCUT2D eigenvalue weighted by molar-refractivity contribution is 7.09. The van der Waals surface area contributed by atoms with Crippen molar-refractivity contribution in [3.8, 4) is 0 Å². The number of anilines is 1. The van der Waals surface area contributed by atoms with Crippen molar-refractivity contribution in [3.63, 3.8) is 0 Å². The Morgan fingerprint density at radius 1 is 1.57 bits per heavy atom. The van der Waals surface area contributed by atoms with Crippen LogP contribution in [-0.4, -0.2) is 29.0 Å². The van der Waals surface area contributed by atoms with Crippen LogP contribution >= 0.6 is 11.5 Å². The van der Waals surface area contributed by atoms with Crippen molar-refractivity contribution in [2.45, 2.75) is 25.8 Å². The third-order valence-corrected chi connectivity index (χ3v) is 3.57. The first-order chi connectivity index (χ1) is 6.65. The highest BCUT2D eigenvalue weighted by atomic mass is 32.1. The second-order valence-electron chi connectivity index (χ2n) is 4.10. The van der Waals surface area contributed by atoms with Gasteiger partial charge in [0.1, 0.15) is 5.82 Å². The Bertz CT molecular complexity index is 306. The first-order valence-electron chi connectivity index (χ1n) is 4.92. The van der Waals surface area contributed by atoms with Crippen molar-refractivity contribution in [1.29, 1.82) is 0 Å². The number of hydrogen-bond acceptors (Lipinski definition) is 5. The lowest BCUT2D eigenvalue weighted by Crippen LogP contribution is -2.41. The zero-order valence-electron chi connectivity index (χ0n) is 8.60. The van der Waals surface area contributed by atoms with E-state index in [1.165, 1.54) is 11.5 Å². The van der Waals surface area contributed by atoms with Gasteiger partial charge in [-0.25, -0.2) is 4.98 Å². The van der Waals surface area contributed by atoms with E-state index in [0.29, 0.717) is 6.04 Å². The molecule has 0 atom stereocenters. The molecule has 0 aromatic carbocycles. The maximum Gasteiger partial charge on any atom is 0.204 e. The third kappa shape index (κ3) is 2.04. The summed E-state index contributed by atoms with van der Waals surface area (Å²) in [4.78, 5) is 6.52. The highest BCUT2D eigenvalue weighted by Gasteiger charge is 2.27. The molecule has 0 aliphatic heterocycles. The van der Waals surface area contributed by atoms with Crippen molar-refractivity contribution in [2.24, 2.45) is 11.7 Å². The summed E-state index contributed by atoms with van der Waals surface area (Å²) in [5.41, 5.74) is 5.74. The van der Waals surface area contributed by atoms with E-state index < -0.39 is 0 Å². The van der Waals surface area contributed by atoms with Crippen LogP contribution in [0.2, 0.25) is 0 Å². The summed E-state index contributed by atoms with van der Waals surface area (Å²) in [6, 6.07) is 0.435. The van der Waals surface area contributed by atoms with E-state index >= 15 is 0 Å². The van der Waals surface area contributed by atoms with Crippen molar-refractivity contribution < 1.29 is 0 Å². The predicted octanol–water partition coefficient (Wildman–Crippen LogP) is 1.02. The molecule has 0 bridgehead atoms. The van der Waals surface area contributed by atoms with Crippen LogP contribution in [0.1, 0.15) is 18.7 Å². The number of nitrogens with two attached hydrogens (primary N) is 1. The van der Waals surface area contributed by atoms with Gasteiger partial charge in [-0.05, 0) is 25.7 Å². The average molecular weight is 212 g/mol. The zero-order valence-corrected chi connectivity index (χ0v) is 9.42. The quantitative estimate of drug-likeness (QED) is 0.812. The molecule has 14 heavy (non-hydrogen) atoms. The Kier molecular flexibility index (Phi) is 2.69. The Hall–Kier alpha value is -0.680. The minimum atomic E-state index is 0.435. The fourth-order valence-corrected chi connectivity index (χ4v) is 2.48. The fraction of sp³-hybridized carbons (Fsp3) is 0.778. The Balaban J connectivity index is 1.86. The molecule has 1 aliphatic rings. The number of nitrogens with zero attached hydrogens (tertiary/aromatic N) is 3. The Labute approximate surface area is 88.3 Å². The van der Waals surface area contributed by atoms with Gasteiger partial charge in [-0.15, -0.1) is 0 Å². The molecule has 0 spiro atoms. The van der Waals surface area contributed by atoms with E-state index in [9.17, 15) is 0 Å². The van der Waals surface area contributed by atoms with Gasteiger partial charge in [0.05, 0.1) is 0 Å². The summed E-state index contributed by atoms with van der Waals surface area (Å²) in [5, 5.41) is 1.02. The molecule has 0 unspecified atom stereocenters. The van der Waals surface area contributed by atoms with Crippen LogP contribution in [0.25, 0.3) is 0 Å². The van der Waals surface area contributed by atoms with Gasteiger partial charge in [0.15, 0.2) is 0 Å². The summed E-state index contributed by atoms with van der Waals surface area (Å²) in [5.74, 6) is 1.61. The Morgan fingerprint density at radius 3 is 2.79 bits per heavy atom. The molecule has 1 aliphatic carbocycles. The minimum Gasteiger partial charge on any atom is -0.350 e. The van der Waals surface area contributed by atoms with Crippen LogP contribution in [0.3, 0.4) is 0 Å². The summed E-state index contributed by atoms with van der Waals surface area (Å²) in [6.07, 6.45) is 2.31. The third-order valence-electron chi connectivity index (χ3n) is 2.65. The van der Waals surface area contributed by atoms with Crippen molar-refractivity contribution >= 4 is 16.7 Å². The van der Waals surface area contributed by atoms with Crippen LogP contribution < -0.4 is 10.6 Å². The van der Waals surface area contributed by atoms with Gasteiger partial charge in [0.2, 0.25) is 5.13 Å². The normalized spacial score (nSPS) is 25.9. The average Bonchev–Trinajstić information content (AvgIpc) is 2.49. The monoisotopic (exact) mass is 212 g/mol. The van der Waals surface area contributed by atoms with Crippen molar-refractivity contribution in [3.05, 3.63) is 5.82 Å². The lowest BCUT2D eigenvalue weighted by Gasteiger charge is -2.35. The molecule has 1 heterocycles. The molecule has 1 saturated carbocycles. The molecule has 0 amide bonds. The van der Waals surface area contributed by atoms with Gasteiger partial charge in [-0.1, -0.05) is 0 Å². The van der Waals surface area contributed by atoms with Gasteiger partial charge < -0.3 is 10.6 Å². The van der Waals surface area contributed by atoms with Crippen LogP contribution in [0.15, 0.2) is 0 Å². The second kappa shape index (κ2) is 3.82. The van der Waals surface area contributed by atoms with Gasteiger partial charge >= 0.3 is 0 Å². The van der Waals surface area contributed by atoms with Crippen LogP contribution in [0.4, 0.5) is 5.13 Å². The lowest BCUT2D eigenvalue weighted by molar-refractivity contribution is 0.271. The maximum atomic E-state index is 5.74. The second-order valence-corrected chi connectivity index (χ2v) is 4.83. The molecule has 78 valence electrons. The topological polar surface area (TPSA) is 55.0 Å². The van der Waals surface area contributed by atoms with E-state index in [4.69, 9.17) is 5.73 Å². The number of hydrogen-bond donors (Lipinski definition) is 1. The summed E-state index contributed by atoms with van der Waals surface area (Å²) < 4.78 is 4.17. The number of aryl methyl sites for hydroxylation is 1. The molecule has 5 heteroatoms. The molecule has 1 aromatic heterocycles. The van der Waals surface area contributed by atoms with E-state index in [1.807, 2.05) is 6.92 Å². The van der Waals surface area contributed by atoms with Crippen LogP contribution in [0, 0.1) is 12.8 Å². The summed E-state index contributed by atoms with van der Waals surface area (Å²) in [6.45, 7) is 2.98. The molecule has 0 radical (unpaired) electrons. The van der Waals surface area contributed by atoms with E-state index in [-0.39, 0.29) is 0 Å². The van der Waals surface area contributed by atoms with Gasteiger partial charge in [0.25, 0.3) is 0 Å². The lowest BCUT2D eigenvalue weighted by atomic mass is 9.81. The van der Waals surface area contributed by atoms with E-state index in [0.717, 1.165) is 36.3 Å². The minimum absolute atomic E-state index is 0.435. The smallest absolute Gasteiger partial charge is 0.204 e. The van der Waals surface area contributed by atoms with Crippen LogP contribution in [-0.2, 0) is 0 Å². The highest BCUT2D eigenvalue weighted by Crippen LogP contribution is 2.28. The number of aromatic nitrogens is 2. The van der Waals surface area contributed by atoms with Crippen molar-refractivity contribution in [1.82, 2.24) is 9.36 Å². The first kappa shape index (κ1) is 9.86. The van der Waals surface area contributed by atoms with Gasteiger partial charge in [-0.3, -0.25) is 0 Å².